The molecule has 0 aromatic rings. The van der Waals surface area contributed by atoms with Gasteiger partial charge < -0.3 is 10.2 Å². The second-order valence-electron chi connectivity index (χ2n) is 8.81. The van der Waals surface area contributed by atoms with Gasteiger partial charge in [-0.25, -0.2) is 4.39 Å². The Kier molecular flexibility index (Phi) is 3.44. The predicted octanol–water partition coefficient (Wildman–Crippen LogP) is 3.11. The quantitative estimate of drug-likeness (QED) is 0.669. The van der Waals surface area contributed by atoms with Gasteiger partial charge in [-0.15, -0.1) is 0 Å². The van der Waals surface area contributed by atoms with Gasteiger partial charge in [0.15, 0.2) is 5.78 Å². The lowest BCUT2D eigenvalue weighted by Gasteiger charge is -2.64. The minimum atomic E-state index is -1.73. The van der Waals surface area contributed by atoms with E-state index >= 15 is 4.39 Å². The summed E-state index contributed by atoms with van der Waals surface area (Å²) in [5.74, 6) is -0.300. The molecule has 4 aliphatic rings. The van der Waals surface area contributed by atoms with E-state index in [1.165, 1.54) is 0 Å². The molecule has 0 amide bonds. The van der Waals surface area contributed by atoms with Crippen LogP contribution in [0.25, 0.3) is 0 Å². The third-order valence-corrected chi connectivity index (χ3v) is 7.80. The molecule has 2 fully saturated rings. The van der Waals surface area contributed by atoms with Crippen LogP contribution >= 0.6 is 0 Å². The summed E-state index contributed by atoms with van der Waals surface area (Å²) in [5.41, 5.74) is -2.11. The van der Waals surface area contributed by atoms with Crippen molar-refractivity contribution in [2.45, 2.75) is 70.2 Å². The van der Waals surface area contributed by atoms with Crippen LogP contribution in [0, 0.1) is 22.7 Å². The second kappa shape index (κ2) is 5.01. The van der Waals surface area contributed by atoms with Crippen molar-refractivity contribution in [3.8, 4) is 0 Å². The van der Waals surface area contributed by atoms with Crippen molar-refractivity contribution >= 4 is 5.78 Å². The SMILES string of the molecule is C[C@]12C[C@H](O)[C@@]3(F)[C@@H](CCC4=CC(=O)CC[C@@]43C)[C@@H]1C=CC[C@@H]2O. The highest BCUT2D eigenvalue weighted by atomic mass is 19.1. The zero-order valence-corrected chi connectivity index (χ0v) is 14.5. The Labute approximate surface area is 142 Å². The number of halogens is 1. The zero-order chi connectivity index (χ0) is 17.3. The van der Waals surface area contributed by atoms with Crippen LogP contribution in [0.3, 0.4) is 0 Å². The third-order valence-electron chi connectivity index (χ3n) is 7.80. The number of hydrogen-bond donors (Lipinski definition) is 2. The summed E-state index contributed by atoms with van der Waals surface area (Å²) < 4.78 is 16.6. The summed E-state index contributed by atoms with van der Waals surface area (Å²) in [6.45, 7) is 3.89. The van der Waals surface area contributed by atoms with Crippen LogP contribution in [-0.4, -0.2) is 33.9 Å². The summed E-state index contributed by atoms with van der Waals surface area (Å²) in [7, 11) is 0. The lowest BCUT2D eigenvalue weighted by Crippen LogP contribution is -2.68. The van der Waals surface area contributed by atoms with Crippen LogP contribution < -0.4 is 0 Å². The minimum Gasteiger partial charge on any atom is -0.392 e. The summed E-state index contributed by atoms with van der Waals surface area (Å²) in [5, 5.41) is 21.5. The van der Waals surface area contributed by atoms with Crippen LogP contribution in [0.15, 0.2) is 23.8 Å². The Balaban J connectivity index is 1.83. The number of alkyl halides is 1. The molecular formula is C20H27FO3. The fourth-order valence-electron chi connectivity index (χ4n) is 6.23. The first-order valence-corrected chi connectivity index (χ1v) is 9.19. The number of carbonyl (C=O) groups excluding carboxylic acids is 1. The molecule has 7 atom stereocenters. The Morgan fingerprint density at radius 3 is 2.71 bits per heavy atom. The number of carbonyl (C=O) groups is 1. The first kappa shape index (κ1) is 16.5. The van der Waals surface area contributed by atoms with Crippen molar-refractivity contribution in [2.24, 2.45) is 22.7 Å². The van der Waals surface area contributed by atoms with Crippen molar-refractivity contribution in [2.75, 3.05) is 0 Å². The van der Waals surface area contributed by atoms with Crippen molar-refractivity contribution in [3.05, 3.63) is 23.8 Å². The van der Waals surface area contributed by atoms with E-state index in [0.29, 0.717) is 32.1 Å². The largest absolute Gasteiger partial charge is 0.392 e. The molecule has 0 aromatic carbocycles. The molecule has 2 N–H and O–H groups in total. The van der Waals surface area contributed by atoms with Gasteiger partial charge in [0, 0.05) is 23.2 Å². The summed E-state index contributed by atoms with van der Waals surface area (Å²) >= 11 is 0. The average Bonchev–Trinajstić information content (AvgIpc) is 2.52. The molecule has 24 heavy (non-hydrogen) atoms. The summed E-state index contributed by atoms with van der Waals surface area (Å²) in [4.78, 5) is 11.8. The maximum absolute atomic E-state index is 16.6. The van der Waals surface area contributed by atoms with E-state index in [1.807, 2.05) is 19.9 Å². The Bertz CT molecular complexity index is 641. The lowest BCUT2D eigenvalue weighted by atomic mass is 9.43. The smallest absolute Gasteiger partial charge is 0.155 e. The van der Waals surface area contributed by atoms with Crippen LogP contribution in [0.4, 0.5) is 4.39 Å². The molecule has 0 spiro atoms. The van der Waals surface area contributed by atoms with Crippen molar-refractivity contribution < 1.29 is 19.4 Å². The number of fused-ring (bicyclic) bond motifs is 5. The van der Waals surface area contributed by atoms with E-state index < -0.39 is 28.7 Å². The van der Waals surface area contributed by atoms with Gasteiger partial charge >= 0.3 is 0 Å². The first-order chi connectivity index (χ1) is 11.2. The molecule has 0 aromatic heterocycles. The van der Waals surface area contributed by atoms with Gasteiger partial charge in [0.05, 0.1) is 12.2 Å². The van der Waals surface area contributed by atoms with Crippen molar-refractivity contribution in [1.82, 2.24) is 0 Å². The lowest BCUT2D eigenvalue weighted by molar-refractivity contribution is -0.218. The molecular weight excluding hydrogens is 307 g/mol. The Morgan fingerprint density at radius 2 is 1.96 bits per heavy atom. The molecule has 4 rings (SSSR count). The van der Waals surface area contributed by atoms with Gasteiger partial charge in [0.1, 0.15) is 5.67 Å². The summed E-state index contributed by atoms with van der Waals surface area (Å²) in [6.07, 6.45) is 7.03. The average molecular weight is 334 g/mol. The predicted molar refractivity (Wildman–Crippen MR) is 89.0 cm³/mol. The molecule has 0 radical (unpaired) electrons. The fourth-order valence-corrected chi connectivity index (χ4v) is 6.23. The highest BCUT2D eigenvalue weighted by Crippen LogP contribution is 2.66. The van der Waals surface area contributed by atoms with E-state index in [9.17, 15) is 15.0 Å². The molecule has 132 valence electrons. The molecule has 3 nitrogen and oxygen atoms in total. The van der Waals surface area contributed by atoms with E-state index in [-0.39, 0.29) is 24.0 Å². The van der Waals surface area contributed by atoms with Crippen LogP contribution in [0.5, 0.6) is 0 Å². The maximum Gasteiger partial charge on any atom is 0.155 e. The van der Waals surface area contributed by atoms with Gasteiger partial charge in [-0.1, -0.05) is 31.6 Å². The summed E-state index contributed by atoms with van der Waals surface area (Å²) in [6, 6.07) is 0. The monoisotopic (exact) mass is 334 g/mol. The maximum atomic E-state index is 16.6. The van der Waals surface area contributed by atoms with Crippen LogP contribution in [0.2, 0.25) is 0 Å². The van der Waals surface area contributed by atoms with E-state index in [2.05, 4.69) is 6.08 Å². The number of ketones is 1. The topological polar surface area (TPSA) is 57.5 Å². The number of hydrogen-bond acceptors (Lipinski definition) is 3. The van der Waals surface area contributed by atoms with Crippen molar-refractivity contribution in [3.63, 3.8) is 0 Å². The molecule has 0 saturated heterocycles. The molecule has 0 aliphatic heterocycles. The molecule has 0 unspecified atom stereocenters. The molecule has 4 aliphatic carbocycles. The van der Waals surface area contributed by atoms with Gasteiger partial charge in [-0.05, 0) is 44.1 Å². The molecule has 4 heteroatoms. The van der Waals surface area contributed by atoms with E-state index in [1.54, 1.807) is 6.08 Å². The van der Waals surface area contributed by atoms with E-state index in [4.69, 9.17) is 0 Å². The first-order valence-electron chi connectivity index (χ1n) is 9.19. The van der Waals surface area contributed by atoms with Gasteiger partial charge in [-0.2, -0.15) is 0 Å². The zero-order valence-electron chi connectivity index (χ0n) is 14.5. The Morgan fingerprint density at radius 1 is 1.21 bits per heavy atom. The third kappa shape index (κ3) is 1.82. The fraction of sp³-hybridized carbons (Fsp3) is 0.750. The highest BCUT2D eigenvalue weighted by molar-refractivity contribution is 5.91. The standard InChI is InChI=1S/C20H27FO3/c1-18-11-17(24)20(21)15(14(18)4-3-5-16(18)23)7-6-12-10-13(22)8-9-19(12,20)2/h3-4,10,14-17,23-24H,5-9,11H2,1-2H3/t14-,15-,16-,17-,18-,19-,20-/m0/s1. The van der Waals surface area contributed by atoms with Gasteiger partial charge in [0.2, 0.25) is 0 Å². The number of allylic oxidation sites excluding steroid dienone is 3. The van der Waals surface area contributed by atoms with Gasteiger partial charge in [-0.3, -0.25) is 4.79 Å². The molecule has 0 bridgehead atoms. The van der Waals surface area contributed by atoms with Gasteiger partial charge in [0.25, 0.3) is 0 Å². The minimum absolute atomic E-state index is 0.0642. The highest BCUT2D eigenvalue weighted by Gasteiger charge is 2.69. The second-order valence-corrected chi connectivity index (χ2v) is 8.81. The Hall–Kier alpha value is -1.00. The number of aliphatic hydroxyl groups excluding tert-OH is 2. The van der Waals surface area contributed by atoms with E-state index in [0.717, 1.165) is 5.57 Å². The number of aliphatic hydroxyl groups is 2. The number of rotatable bonds is 0. The molecule has 0 heterocycles. The molecule has 2 saturated carbocycles. The normalized spacial score (nSPS) is 53.7. The van der Waals surface area contributed by atoms with Crippen LogP contribution in [0.1, 0.15) is 52.4 Å². The van der Waals surface area contributed by atoms with Crippen molar-refractivity contribution in [1.29, 1.82) is 0 Å². The van der Waals surface area contributed by atoms with Crippen LogP contribution in [-0.2, 0) is 4.79 Å².